The van der Waals surface area contributed by atoms with Crippen molar-refractivity contribution < 1.29 is 9.18 Å². The Labute approximate surface area is 156 Å². The van der Waals surface area contributed by atoms with Crippen molar-refractivity contribution in [1.29, 1.82) is 0 Å². The number of fused-ring (bicyclic) bond motifs is 2. The van der Waals surface area contributed by atoms with Crippen molar-refractivity contribution in [1.82, 2.24) is 15.3 Å². The van der Waals surface area contributed by atoms with Gasteiger partial charge in [0.05, 0.1) is 11.0 Å². The van der Waals surface area contributed by atoms with Crippen molar-refractivity contribution >= 4 is 27.7 Å². The van der Waals surface area contributed by atoms with Crippen LogP contribution in [-0.2, 0) is 6.42 Å². The highest BCUT2D eigenvalue weighted by Gasteiger charge is 2.14. The Bertz CT molecular complexity index is 1160. The molecule has 0 fully saturated rings. The largest absolute Gasteiger partial charge is 0.356 e. The van der Waals surface area contributed by atoms with Crippen molar-refractivity contribution in [2.24, 2.45) is 0 Å². The van der Waals surface area contributed by atoms with E-state index in [2.05, 4.69) is 15.3 Å². The van der Waals surface area contributed by atoms with Gasteiger partial charge in [0.2, 0.25) is 0 Å². The number of hydrogen-bond donors (Lipinski definition) is 2. The first-order valence-corrected chi connectivity index (χ1v) is 8.95. The maximum atomic E-state index is 14.0. The molecular formula is C22H20FN3O. The molecule has 0 unspecified atom stereocenters. The summed E-state index contributed by atoms with van der Waals surface area (Å²) in [5.41, 5.74) is 4.71. The highest BCUT2D eigenvalue weighted by molar-refractivity contribution is 5.95. The third kappa shape index (κ3) is 3.16. The molecule has 0 aliphatic rings. The predicted molar refractivity (Wildman–Crippen MR) is 106 cm³/mol. The molecule has 0 radical (unpaired) electrons. The molecule has 1 amide bonds. The minimum Gasteiger partial charge on any atom is -0.356 e. The normalized spacial score (nSPS) is 11.2. The molecule has 0 aliphatic heterocycles. The summed E-state index contributed by atoms with van der Waals surface area (Å²) >= 11 is 0. The van der Waals surface area contributed by atoms with E-state index in [0.29, 0.717) is 24.2 Å². The lowest BCUT2D eigenvalue weighted by atomic mass is 10.0. The van der Waals surface area contributed by atoms with Crippen LogP contribution >= 0.6 is 0 Å². The van der Waals surface area contributed by atoms with Crippen LogP contribution in [0.2, 0.25) is 0 Å². The third-order valence-corrected chi connectivity index (χ3v) is 4.92. The van der Waals surface area contributed by atoms with Gasteiger partial charge in [-0.25, -0.2) is 9.37 Å². The summed E-state index contributed by atoms with van der Waals surface area (Å²) in [7, 11) is 0. The Hall–Kier alpha value is -3.21. The predicted octanol–water partition coefficient (Wildman–Crippen LogP) is 4.44. The maximum Gasteiger partial charge on any atom is 0.269 e. The number of hydrogen-bond acceptors (Lipinski definition) is 2. The van der Waals surface area contributed by atoms with Crippen LogP contribution in [0.15, 0.2) is 48.5 Å². The topological polar surface area (TPSA) is 57.8 Å². The Morgan fingerprint density at radius 2 is 1.93 bits per heavy atom. The van der Waals surface area contributed by atoms with Gasteiger partial charge in [0.1, 0.15) is 11.5 Å². The summed E-state index contributed by atoms with van der Waals surface area (Å²) in [5.74, 6) is -0.463. The molecular weight excluding hydrogens is 341 g/mol. The fourth-order valence-corrected chi connectivity index (χ4v) is 3.54. The highest BCUT2D eigenvalue weighted by atomic mass is 19.1. The number of benzene rings is 2. The maximum absolute atomic E-state index is 14.0. The quantitative estimate of drug-likeness (QED) is 0.564. The molecule has 0 aliphatic carbocycles. The lowest BCUT2D eigenvalue weighted by Crippen LogP contribution is -2.26. The smallest absolute Gasteiger partial charge is 0.269 e. The molecule has 0 saturated carbocycles. The number of nitrogens with one attached hydrogen (secondary N) is 2. The summed E-state index contributed by atoms with van der Waals surface area (Å²) in [6, 6.07) is 14.6. The van der Waals surface area contributed by atoms with Crippen molar-refractivity contribution in [2.45, 2.75) is 20.3 Å². The minimum atomic E-state index is -0.255. The molecule has 2 aromatic heterocycles. The summed E-state index contributed by atoms with van der Waals surface area (Å²) < 4.78 is 14.0. The van der Waals surface area contributed by atoms with E-state index in [1.165, 1.54) is 6.07 Å². The Kier molecular flexibility index (Phi) is 4.36. The minimum absolute atomic E-state index is 0.207. The Morgan fingerprint density at radius 1 is 1.11 bits per heavy atom. The van der Waals surface area contributed by atoms with Gasteiger partial charge in [0.25, 0.3) is 5.91 Å². The zero-order chi connectivity index (χ0) is 19.0. The van der Waals surface area contributed by atoms with E-state index in [-0.39, 0.29) is 11.7 Å². The molecule has 0 atom stereocenters. The fraction of sp³-hybridized carbons (Fsp3) is 0.182. The summed E-state index contributed by atoms with van der Waals surface area (Å²) in [6.07, 6.45) is 0.620. The molecule has 27 heavy (non-hydrogen) atoms. The van der Waals surface area contributed by atoms with Gasteiger partial charge >= 0.3 is 0 Å². The van der Waals surface area contributed by atoms with Crippen LogP contribution < -0.4 is 5.32 Å². The SMILES string of the molecule is Cc1[nH]c2c(F)ccc(C)c2c1CCNC(=O)c1ccc2ccccc2n1. The van der Waals surface area contributed by atoms with E-state index in [9.17, 15) is 9.18 Å². The molecule has 5 heteroatoms. The second-order valence-corrected chi connectivity index (χ2v) is 6.74. The number of halogens is 1. The van der Waals surface area contributed by atoms with Crippen molar-refractivity contribution in [3.63, 3.8) is 0 Å². The van der Waals surface area contributed by atoms with E-state index in [4.69, 9.17) is 0 Å². The third-order valence-electron chi connectivity index (χ3n) is 4.92. The molecule has 4 aromatic rings. The van der Waals surface area contributed by atoms with Gasteiger partial charge in [-0.15, -0.1) is 0 Å². The van der Waals surface area contributed by atoms with Gasteiger partial charge < -0.3 is 10.3 Å². The van der Waals surface area contributed by atoms with Crippen LogP contribution in [0.4, 0.5) is 4.39 Å². The molecule has 136 valence electrons. The van der Waals surface area contributed by atoms with E-state index in [1.807, 2.05) is 44.2 Å². The molecule has 2 heterocycles. The van der Waals surface area contributed by atoms with Crippen molar-refractivity contribution in [3.8, 4) is 0 Å². The average Bonchev–Trinajstić information content (AvgIpc) is 3.02. The van der Waals surface area contributed by atoms with Crippen LogP contribution in [0.1, 0.15) is 27.3 Å². The van der Waals surface area contributed by atoms with Crippen molar-refractivity contribution in [3.05, 3.63) is 76.9 Å². The lowest BCUT2D eigenvalue weighted by Gasteiger charge is -2.07. The van der Waals surface area contributed by atoms with Crippen LogP contribution in [-0.4, -0.2) is 22.4 Å². The molecule has 0 saturated heterocycles. The number of pyridine rings is 1. The summed E-state index contributed by atoms with van der Waals surface area (Å²) in [4.78, 5) is 20.0. The number of nitrogens with zero attached hydrogens (tertiary/aromatic N) is 1. The van der Waals surface area contributed by atoms with Gasteiger partial charge in [-0.2, -0.15) is 0 Å². The molecule has 4 nitrogen and oxygen atoms in total. The fourth-order valence-electron chi connectivity index (χ4n) is 3.54. The Balaban J connectivity index is 1.51. The zero-order valence-corrected chi connectivity index (χ0v) is 15.3. The molecule has 0 spiro atoms. The highest BCUT2D eigenvalue weighted by Crippen LogP contribution is 2.27. The van der Waals surface area contributed by atoms with Crippen LogP contribution in [0, 0.1) is 19.7 Å². The van der Waals surface area contributed by atoms with Crippen LogP contribution in [0.3, 0.4) is 0 Å². The number of aromatic nitrogens is 2. The zero-order valence-electron chi connectivity index (χ0n) is 15.3. The van der Waals surface area contributed by atoms with E-state index >= 15 is 0 Å². The molecule has 2 N–H and O–H groups in total. The average molecular weight is 361 g/mol. The number of rotatable bonds is 4. The van der Waals surface area contributed by atoms with Crippen molar-refractivity contribution in [2.75, 3.05) is 6.54 Å². The first-order chi connectivity index (χ1) is 13.0. The van der Waals surface area contributed by atoms with E-state index in [1.54, 1.807) is 12.1 Å². The first-order valence-electron chi connectivity index (χ1n) is 8.95. The standard InChI is InChI=1S/C22H20FN3O/c1-13-7-9-17(23)21-20(13)16(14(2)25-21)11-12-24-22(27)19-10-8-15-5-3-4-6-18(15)26-19/h3-10,25H,11-12H2,1-2H3,(H,24,27). The number of carbonyl (C=O) groups excluding carboxylic acids is 1. The molecule has 0 bridgehead atoms. The van der Waals surface area contributed by atoms with Gasteiger partial charge in [0, 0.05) is 23.0 Å². The first kappa shape index (κ1) is 17.2. The van der Waals surface area contributed by atoms with Gasteiger partial charge in [-0.05, 0) is 49.6 Å². The Morgan fingerprint density at radius 3 is 2.78 bits per heavy atom. The van der Waals surface area contributed by atoms with Gasteiger partial charge in [0.15, 0.2) is 0 Å². The van der Waals surface area contributed by atoms with Gasteiger partial charge in [-0.1, -0.05) is 30.3 Å². The number of amides is 1. The molecule has 2 aromatic carbocycles. The second kappa shape index (κ2) is 6.83. The van der Waals surface area contributed by atoms with E-state index < -0.39 is 0 Å². The van der Waals surface area contributed by atoms with Gasteiger partial charge in [-0.3, -0.25) is 4.79 Å². The number of aromatic amines is 1. The number of aryl methyl sites for hydroxylation is 2. The number of carbonyl (C=O) groups is 1. The number of H-pyrrole nitrogens is 1. The molecule has 4 rings (SSSR count). The summed E-state index contributed by atoms with van der Waals surface area (Å²) in [5, 5.41) is 4.83. The number of para-hydroxylation sites is 1. The monoisotopic (exact) mass is 361 g/mol. The lowest BCUT2D eigenvalue weighted by molar-refractivity contribution is 0.0949. The second-order valence-electron chi connectivity index (χ2n) is 6.74. The van der Waals surface area contributed by atoms with Crippen LogP contribution in [0.5, 0.6) is 0 Å². The summed E-state index contributed by atoms with van der Waals surface area (Å²) in [6.45, 7) is 4.36. The van der Waals surface area contributed by atoms with E-state index in [0.717, 1.165) is 33.1 Å². The van der Waals surface area contributed by atoms with Crippen LogP contribution in [0.25, 0.3) is 21.8 Å².